The van der Waals surface area contributed by atoms with Crippen molar-refractivity contribution in [1.29, 1.82) is 0 Å². The van der Waals surface area contributed by atoms with Crippen molar-refractivity contribution in [3.8, 4) is 0 Å². The number of nitrogens with zero attached hydrogens (tertiary/aromatic N) is 1. The first kappa shape index (κ1) is 16.5. The van der Waals surface area contributed by atoms with E-state index in [2.05, 4.69) is 0 Å². The zero-order chi connectivity index (χ0) is 16.9. The Balaban J connectivity index is 1.56. The van der Waals surface area contributed by atoms with Gasteiger partial charge in [-0.25, -0.2) is 4.79 Å². The van der Waals surface area contributed by atoms with Gasteiger partial charge in [0.1, 0.15) is 6.61 Å². The van der Waals surface area contributed by atoms with E-state index in [0.29, 0.717) is 23.6 Å². The number of carbonyl (C=O) groups is 2. The molecule has 0 bridgehead atoms. The van der Waals surface area contributed by atoms with Gasteiger partial charge in [0.05, 0.1) is 5.56 Å². The Hall–Kier alpha value is -2.33. The highest BCUT2D eigenvalue weighted by molar-refractivity contribution is 6.30. The van der Waals surface area contributed by atoms with Crippen LogP contribution in [0.15, 0.2) is 48.5 Å². The first-order valence-electron chi connectivity index (χ1n) is 7.90. The van der Waals surface area contributed by atoms with Crippen molar-refractivity contribution in [2.24, 2.45) is 0 Å². The molecule has 0 aliphatic carbocycles. The van der Waals surface area contributed by atoms with E-state index < -0.39 is 0 Å². The highest BCUT2D eigenvalue weighted by Gasteiger charge is 2.20. The summed E-state index contributed by atoms with van der Waals surface area (Å²) in [6.07, 6.45) is 1.56. The summed E-state index contributed by atoms with van der Waals surface area (Å²) in [6.45, 7) is 1.59. The second kappa shape index (κ2) is 7.49. The number of carbonyl (C=O) groups excluding carboxylic acids is 2. The molecule has 0 spiro atoms. The normalized spacial score (nSPS) is 14.0. The smallest absolute Gasteiger partial charge is 0.338 e. The number of hydrogen-bond acceptors (Lipinski definition) is 3. The topological polar surface area (TPSA) is 46.6 Å². The van der Waals surface area contributed by atoms with E-state index >= 15 is 0 Å². The lowest BCUT2D eigenvalue weighted by molar-refractivity contribution is -0.128. The molecule has 5 heteroatoms. The van der Waals surface area contributed by atoms with Crippen molar-refractivity contribution in [3.63, 3.8) is 0 Å². The molecule has 1 aliphatic heterocycles. The molecule has 0 N–H and O–H groups in total. The highest BCUT2D eigenvalue weighted by Crippen LogP contribution is 2.16. The molecule has 0 saturated carbocycles. The van der Waals surface area contributed by atoms with Crippen molar-refractivity contribution in [2.75, 3.05) is 6.54 Å². The Bertz CT molecular complexity index is 743. The lowest BCUT2D eigenvalue weighted by Gasteiger charge is -2.15. The Morgan fingerprint density at radius 3 is 2.58 bits per heavy atom. The monoisotopic (exact) mass is 343 g/mol. The van der Waals surface area contributed by atoms with Gasteiger partial charge in [-0.05, 0) is 41.8 Å². The van der Waals surface area contributed by atoms with Crippen LogP contribution in [-0.2, 0) is 22.7 Å². The van der Waals surface area contributed by atoms with Crippen LogP contribution in [0.1, 0.15) is 34.3 Å². The van der Waals surface area contributed by atoms with Gasteiger partial charge < -0.3 is 9.64 Å². The fraction of sp³-hybridized carbons (Fsp3) is 0.263. The van der Waals surface area contributed by atoms with Crippen LogP contribution in [0.2, 0.25) is 5.02 Å². The van der Waals surface area contributed by atoms with Crippen LogP contribution in [-0.4, -0.2) is 23.3 Å². The van der Waals surface area contributed by atoms with Crippen LogP contribution < -0.4 is 0 Å². The van der Waals surface area contributed by atoms with E-state index in [1.807, 2.05) is 29.2 Å². The fourth-order valence-corrected chi connectivity index (χ4v) is 2.91. The van der Waals surface area contributed by atoms with Crippen LogP contribution >= 0.6 is 11.6 Å². The average Bonchev–Trinajstić information content (AvgIpc) is 2.98. The summed E-state index contributed by atoms with van der Waals surface area (Å²) >= 11 is 5.91. The molecule has 0 aromatic heterocycles. The SMILES string of the molecule is O=C(OCc1cccc(Cl)c1)c1ccc(CN2CCCC2=O)cc1. The lowest BCUT2D eigenvalue weighted by atomic mass is 10.1. The van der Waals surface area contributed by atoms with Gasteiger partial charge in [0.15, 0.2) is 0 Å². The molecule has 124 valence electrons. The minimum absolute atomic E-state index is 0.184. The van der Waals surface area contributed by atoms with E-state index in [1.165, 1.54) is 0 Å². The van der Waals surface area contributed by atoms with Crippen molar-refractivity contribution < 1.29 is 14.3 Å². The molecule has 2 aromatic carbocycles. The standard InChI is InChI=1S/C19H18ClNO3/c20-17-4-1-3-15(11-17)13-24-19(23)16-8-6-14(7-9-16)12-21-10-2-5-18(21)22/h1,3-4,6-9,11H,2,5,10,12-13H2. The van der Waals surface area contributed by atoms with Crippen molar-refractivity contribution >= 4 is 23.5 Å². The van der Waals surface area contributed by atoms with Gasteiger partial charge in [-0.1, -0.05) is 35.9 Å². The molecule has 1 amide bonds. The number of esters is 1. The van der Waals surface area contributed by atoms with E-state index in [4.69, 9.17) is 16.3 Å². The summed E-state index contributed by atoms with van der Waals surface area (Å²) in [4.78, 5) is 25.6. The molecule has 1 fully saturated rings. The second-order valence-electron chi connectivity index (χ2n) is 5.82. The first-order valence-corrected chi connectivity index (χ1v) is 8.28. The second-order valence-corrected chi connectivity index (χ2v) is 6.26. The first-order chi connectivity index (χ1) is 11.6. The molecular formula is C19H18ClNO3. The van der Waals surface area contributed by atoms with E-state index in [1.54, 1.807) is 24.3 Å². The van der Waals surface area contributed by atoms with E-state index in [0.717, 1.165) is 24.1 Å². The number of rotatable bonds is 5. The minimum atomic E-state index is -0.376. The summed E-state index contributed by atoms with van der Waals surface area (Å²) in [6, 6.07) is 14.4. The Labute approximate surface area is 146 Å². The zero-order valence-electron chi connectivity index (χ0n) is 13.2. The molecule has 1 aliphatic rings. The van der Waals surface area contributed by atoms with Crippen molar-refractivity contribution in [3.05, 3.63) is 70.2 Å². The maximum absolute atomic E-state index is 12.1. The van der Waals surface area contributed by atoms with Crippen LogP contribution in [0.4, 0.5) is 0 Å². The Morgan fingerprint density at radius 2 is 1.92 bits per heavy atom. The Morgan fingerprint density at radius 1 is 1.12 bits per heavy atom. The molecular weight excluding hydrogens is 326 g/mol. The molecule has 0 atom stereocenters. The van der Waals surface area contributed by atoms with E-state index in [9.17, 15) is 9.59 Å². The van der Waals surface area contributed by atoms with Crippen molar-refractivity contribution in [2.45, 2.75) is 26.0 Å². The molecule has 0 unspecified atom stereocenters. The number of hydrogen-bond donors (Lipinski definition) is 0. The molecule has 1 heterocycles. The predicted octanol–water partition coefficient (Wildman–Crippen LogP) is 3.82. The molecule has 2 aromatic rings. The molecule has 24 heavy (non-hydrogen) atoms. The number of amides is 1. The van der Waals surface area contributed by atoms with Gasteiger partial charge in [0.25, 0.3) is 0 Å². The predicted molar refractivity (Wildman–Crippen MR) is 91.7 cm³/mol. The third-order valence-electron chi connectivity index (χ3n) is 3.99. The summed E-state index contributed by atoms with van der Waals surface area (Å²) in [5.74, 6) is -0.182. The van der Waals surface area contributed by atoms with Gasteiger partial charge >= 0.3 is 5.97 Å². The van der Waals surface area contributed by atoms with Gasteiger partial charge in [0, 0.05) is 24.5 Å². The van der Waals surface area contributed by atoms with Crippen LogP contribution in [0.25, 0.3) is 0 Å². The van der Waals surface area contributed by atoms with Crippen LogP contribution in [0.5, 0.6) is 0 Å². The van der Waals surface area contributed by atoms with Gasteiger partial charge in [-0.2, -0.15) is 0 Å². The number of benzene rings is 2. The third kappa shape index (κ3) is 4.15. The molecule has 1 saturated heterocycles. The van der Waals surface area contributed by atoms with E-state index in [-0.39, 0.29) is 18.5 Å². The Kier molecular flexibility index (Phi) is 5.16. The fourth-order valence-electron chi connectivity index (χ4n) is 2.70. The summed E-state index contributed by atoms with van der Waals surface area (Å²) < 4.78 is 5.30. The molecule has 0 radical (unpaired) electrons. The summed E-state index contributed by atoms with van der Waals surface area (Å²) in [5.41, 5.74) is 2.35. The molecule has 3 rings (SSSR count). The summed E-state index contributed by atoms with van der Waals surface area (Å²) in [5, 5.41) is 0.615. The quantitative estimate of drug-likeness (QED) is 0.775. The lowest BCUT2D eigenvalue weighted by Crippen LogP contribution is -2.23. The van der Waals surface area contributed by atoms with Gasteiger partial charge in [-0.15, -0.1) is 0 Å². The molecule has 4 nitrogen and oxygen atoms in total. The maximum Gasteiger partial charge on any atom is 0.338 e. The van der Waals surface area contributed by atoms with Crippen LogP contribution in [0, 0.1) is 0 Å². The number of ether oxygens (including phenoxy) is 1. The zero-order valence-corrected chi connectivity index (χ0v) is 14.0. The minimum Gasteiger partial charge on any atom is -0.457 e. The maximum atomic E-state index is 12.1. The number of halogens is 1. The van der Waals surface area contributed by atoms with Crippen LogP contribution in [0.3, 0.4) is 0 Å². The third-order valence-corrected chi connectivity index (χ3v) is 4.23. The average molecular weight is 344 g/mol. The van der Waals surface area contributed by atoms with Gasteiger partial charge in [0.2, 0.25) is 5.91 Å². The number of likely N-dealkylation sites (tertiary alicyclic amines) is 1. The van der Waals surface area contributed by atoms with Gasteiger partial charge in [-0.3, -0.25) is 4.79 Å². The van der Waals surface area contributed by atoms with Crippen molar-refractivity contribution in [1.82, 2.24) is 4.90 Å². The summed E-state index contributed by atoms with van der Waals surface area (Å²) in [7, 11) is 0. The largest absolute Gasteiger partial charge is 0.457 e. The highest BCUT2D eigenvalue weighted by atomic mass is 35.5.